The van der Waals surface area contributed by atoms with Gasteiger partial charge in [0.15, 0.2) is 0 Å². The number of benzene rings is 2. The molecule has 0 bridgehead atoms. The number of imide groups is 1. The summed E-state index contributed by atoms with van der Waals surface area (Å²) in [5, 5.41) is 0. The zero-order valence-electron chi connectivity index (χ0n) is 12.2. The van der Waals surface area contributed by atoms with Crippen molar-refractivity contribution in [3.05, 3.63) is 83.9 Å². The minimum atomic E-state index is -0.289. The molecule has 0 N–H and O–H groups in total. The summed E-state index contributed by atoms with van der Waals surface area (Å²) in [4.78, 5) is 25.9. The summed E-state index contributed by atoms with van der Waals surface area (Å²) in [6, 6.07) is 19.3. The minimum Gasteiger partial charge on any atom is -0.274 e. The molecule has 1 atom stereocenters. The lowest BCUT2D eigenvalue weighted by Crippen LogP contribution is -2.35. The Morgan fingerprint density at radius 3 is 2.09 bits per heavy atom. The SMILES string of the molecule is C=C1CC(=O)N([C@H](Cc2ccccc2)c2ccccc2)C1=O. The van der Waals surface area contributed by atoms with Gasteiger partial charge in [0.2, 0.25) is 5.91 Å². The Labute approximate surface area is 129 Å². The lowest BCUT2D eigenvalue weighted by atomic mass is 9.97. The Hall–Kier alpha value is -2.68. The number of amides is 2. The quantitative estimate of drug-likeness (QED) is 0.640. The molecule has 3 nitrogen and oxygen atoms in total. The van der Waals surface area contributed by atoms with Gasteiger partial charge in [-0.25, -0.2) is 0 Å². The van der Waals surface area contributed by atoms with Gasteiger partial charge >= 0.3 is 0 Å². The first-order valence-corrected chi connectivity index (χ1v) is 7.30. The summed E-state index contributed by atoms with van der Waals surface area (Å²) in [6.45, 7) is 3.71. The maximum absolute atomic E-state index is 12.3. The van der Waals surface area contributed by atoms with Crippen molar-refractivity contribution in [1.29, 1.82) is 0 Å². The zero-order chi connectivity index (χ0) is 15.5. The van der Waals surface area contributed by atoms with Crippen molar-refractivity contribution in [1.82, 2.24) is 4.90 Å². The first-order valence-electron chi connectivity index (χ1n) is 7.30. The number of rotatable bonds is 4. The molecule has 1 fully saturated rings. The average Bonchev–Trinajstić information content (AvgIpc) is 2.80. The fourth-order valence-electron chi connectivity index (χ4n) is 2.81. The van der Waals surface area contributed by atoms with Crippen LogP contribution in [-0.2, 0) is 16.0 Å². The van der Waals surface area contributed by atoms with Crippen LogP contribution in [0.4, 0.5) is 0 Å². The van der Waals surface area contributed by atoms with E-state index in [1.54, 1.807) is 0 Å². The van der Waals surface area contributed by atoms with E-state index in [0.717, 1.165) is 11.1 Å². The van der Waals surface area contributed by atoms with Crippen LogP contribution in [0.3, 0.4) is 0 Å². The van der Waals surface area contributed by atoms with E-state index in [0.29, 0.717) is 12.0 Å². The summed E-state index contributed by atoms with van der Waals surface area (Å²) in [5.41, 5.74) is 2.43. The molecule has 0 radical (unpaired) electrons. The molecule has 0 saturated carbocycles. The Morgan fingerprint density at radius 2 is 1.55 bits per heavy atom. The van der Waals surface area contributed by atoms with Gasteiger partial charge < -0.3 is 0 Å². The molecule has 0 aliphatic carbocycles. The Morgan fingerprint density at radius 1 is 0.955 bits per heavy atom. The van der Waals surface area contributed by atoms with Crippen molar-refractivity contribution >= 4 is 11.8 Å². The standard InChI is InChI=1S/C19H17NO2/c1-14-12-18(21)20(19(14)22)17(16-10-6-3-7-11-16)13-15-8-4-2-5-9-15/h2-11,17H,1,12-13H2/t17-/m1/s1. The second-order valence-electron chi connectivity index (χ2n) is 5.47. The van der Waals surface area contributed by atoms with Gasteiger partial charge in [-0.2, -0.15) is 0 Å². The smallest absolute Gasteiger partial charge is 0.256 e. The average molecular weight is 291 g/mol. The number of carbonyl (C=O) groups is 2. The number of nitrogens with zero attached hydrogens (tertiary/aromatic N) is 1. The van der Waals surface area contributed by atoms with Crippen LogP contribution < -0.4 is 0 Å². The largest absolute Gasteiger partial charge is 0.274 e. The monoisotopic (exact) mass is 291 g/mol. The maximum Gasteiger partial charge on any atom is 0.256 e. The third kappa shape index (κ3) is 2.70. The highest BCUT2D eigenvalue weighted by Gasteiger charge is 2.38. The van der Waals surface area contributed by atoms with E-state index in [-0.39, 0.29) is 24.3 Å². The van der Waals surface area contributed by atoms with E-state index >= 15 is 0 Å². The molecular weight excluding hydrogens is 274 g/mol. The van der Waals surface area contributed by atoms with Gasteiger partial charge in [-0.1, -0.05) is 67.2 Å². The summed E-state index contributed by atoms with van der Waals surface area (Å²) < 4.78 is 0. The van der Waals surface area contributed by atoms with Crippen molar-refractivity contribution in [2.75, 3.05) is 0 Å². The van der Waals surface area contributed by atoms with Crippen LogP contribution >= 0.6 is 0 Å². The number of carbonyl (C=O) groups excluding carboxylic acids is 2. The summed E-state index contributed by atoms with van der Waals surface area (Å²) in [5.74, 6) is -0.422. The van der Waals surface area contributed by atoms with Gasteiger partial charge in [0.1, 0.15) is 0 Å². The van der Waals surface area contributed by atoms with Crippen LogP contribution in [0.1, 0.15) is 23.6 Å². The van der Waals surface area contributed by atoms with E-state index < -0.39 is 0 Å². The number of likely N-dealkylation sites (tertiary alicyclic amines) is 1. The van der Waals surface area contributed by atoms with E-state index in [9.17, 15) is 9.59 Å². The molecule has 1 saturated heterocycles. The van der Waals surface area contributed by atoms with Gasteiger partial charge in [0.25, 0.3) is 5.91 Å². The number of hydrogen-bond donors (Lipinski definition) is 0. The minimum absolute atomic E-state index is 0.122. The molecule has 2 aromatic carbocycles. The lowest BCUT2D eigenvalue weighted by Gasteiger charge is -2.26. The highest BCUT2D eigenvalue weighted by atomic mass is 16.2. The second kappa shape index (κ2) is 5.98. The Balaban J connectivity index is 1.98. The lowest BCUT2D eigenvalue weighted by molar-refractivity contribution is -0.140. The molecule has 3 heteroatoms. The fourth-order valence-corrected chi connectivity index (χ4v) is 2.81. The summed E-state index contributed by atoms with van der Waals surface area (Å²) >= 11 is 0. The van der Waals surface area contributed by atoms with Gasteiger partial charge in [-0.15, -0.1) is 0 Å². The van der Waals surface area contributed by atoms with Crippen molar-refractivity contribution < 1.29 is 9.59 Å². The molecule has 1 aliphatic rings. The molecule has 2 amide bonds. The Kier molecular flexibility index (Phi) is 3.88. The Bertz CT molecular complexity index is 707. The summed E-state index contributed by atoms with van der Waals surface area (Å²) in [7, 11) is 0. The highest BCUT2D eigenvalue weighted by molar-refractivity contribution is 6.13. The van der Waals surface area contributed by atoms with E-state index in [4.69, 9.17) is 0 Å². The first kappa shape index (κ1) is 14.3. The predicted octanol–water partition coefficient (Wildman–Crippen LogP) is 3.29. The van der Waals surface area contributed by atoms with Gasteiger partial charge in [0, 0.05) is 5.57 Å². The topological polar surface area (TPSA) is 37.4 Å². The van der Waals surface area contributed by atoms with E-state index in [2.05, 4.69) is 6.58 Å². The summed E-state index contributed by atoms with van der Waals surface area (Å²) in [6.07, 6.45) is 0.729. The molecule has 110 valence electrons. The molecule has 0 spiro atoms. The van der Waals surface area contributed by atoms with Crippen LogP contribution in [0.5, 0.6) is 0 Å². The van der Waals surface area contributed by atoms with Crippen molar-refractivity contribution in [2.24, 2.45) is 0 Å². The van der Waals surface area contributed by atoms with Crippen LogP contribution in [-0.4, -0.2) is 16.7 Å². The van der Waals surface area contributed by atoms with E-state index in [1.807, 2.05) is 60.7 Å². The van der Waals surface area contributed by atoms with Gasteiger partial charge in [0.05, 0.1) is 12.5 Å². The molecule has 1 aliphatic heterocycles. The van der Waals surface area contributed by atoms with Crippen LogP contribution in [0.15, 0.2) is 72.8 Å². The van der Waals surface area contributed by atoms with Crippen molar-refractivity contribution in [3.8, 4) is 0 Å². The number of hydrogen-bond acceptors (Lipinski definition) is 2. The highest BCUT2D eigenvalue weighted by Crippen LogP contribution is 2.31. The maximum atomic E-state index is 12.3. The third-order valence-corrected chi connectivity index (χ3v) is 3.92. The van der Waals surface area contributed by atoms with Gasteiger partial charge in [-0.3, -0.25) is 14.5 Å². The normalized spacial score (nSPS) is 16.2. The second-order valence-corrected chi connectivity index (χ2v) is 5.47. The molecule has 22 heavy (non-hydrogen) atoms. The molecule has 0 aromatic heterocycles. The van der Waals surface area contributed by atoms with Crippen molar-refractivity contribution in [3.63, 3.8) is 0 Å². The van der Waals surface area contributed by atoms with Crippen LogP contribution in [0.2, 0.25) is 0 Å². The first-order chi connectivity index (χ1) is 10.7. The third-order valence-electron chi connectivity index (χ3n) is 3.92. The van der Waals surface area contributed by atoms with Gasteiger partial charge in [-0.05, 0) is 17.5 Å². The molecule has 3 rings (SSSR count). The van der Waals surface area contributed by atoms with Crippen LogP contribution in [0.25, 0.3) is 0 Å². The van der Waals surface area contributed by atoms with Crippen LogP contribution in [0, 0.1) is 0 Å². The van der Waals surface area contributed by atoms with Crippen molar-refractivity contribution in [2.45, 2.75) is 18.9 Å². The predicted molar refractivity (Wildman–Crippen MR) is 84.9 cm³/mol. The molecule has 0 unspecified atom stereocenters. The zero-order valence-corrected chi connectivity index (χ0v) is 12.2. The molecule has 1 heterocycles. The molecular formula is C19H17NO2. The molecule has 2 aromatic rings. The van der Waals surface area contributed by atoms with E-state index in [1.165, 1.54) is 4.90 Å². The fraction of sp³-hybridized carbons (Fsp3) is 0.158.